The van der Waals surface area contributed by atoms with E-state index in [1.165, 1.54) is 11.1 Å². The number of nitrogens with zero attached hydrogens (tertiary/aromatic N) is 2. The average Bonchev–Trinajstić information content (AvgIpc) is 2.78. The molecule has 30 heavy (non-hydrogen) atoms. The summed E-state index contributed by atoms with van der Waals surface area (Å²) in [5.74, 6) is 1.67. The molecule has 0 bridgehead atoms. The second-order valence-electron chi connectivity index (χ2n) is 7.64. The second-order valence-corrected chi connectivity index (χ2v) is 7.64. The van der Waals surface area contributed by atoms with Gasteiger partial charge in [-0.15, -0.1) is 0 Å². The predicted octanol–water partition coefficient (Wildman–Crippen LogP) is 2.91. The molecule has 3 rings (SSSR count). The smallest absolute Gasteiger partial charge is 0.191 e. The molecule has 0 unspecified atom stereocenters. The van der Waals surface area contributed by atoms with Gasteiger partial charge >= 0.3 is 0 Å². The highest BCUT2D eigenvalue weighted by atomic mass is 16.5. The van der Waals surface area contributed by atoms with Gasteiger partial charge in [0.2, 0.25) is 0 Å². The molecule has 1 saturated heterocycles. The number of rotatable bonds is 8. The van der Waals surface area contributed by atoms with Gasteiger partial charge < -0.3 is 20.5 Å². The van der Waals surface area contributed by atoms with E-state index in [1.54, 1.807) is 7.05 Å². The molecule has 0 atom stereocenters. The molecule has 3 N–H and O–H groups in total. The van der Waals surface area contributed by atoms with E-state index < -0.39 is 0 Å². The van der Waals surface area contributed by atoms with Gasteiger partial charge in [-0.3, -0.25) is 9.89 Å². The lowest BCUT2D eigenvalue weighted by atomic mass is 10.1. The van der Waals surface area contributed by atoms with Gasteiger partial charge in [0, 0.05) is 45.3 Å². The molecule has 0 saturated carbocycles. The van der Waals surface area contributed by atoms with Gasteiger partial charge in [0.15, 0.2) is 5.96 Å². The number of aliphatic hydroxyl groups is 1. The van der Waals surface area contributed by atoms with Crippen molar-refractivity contribution in [2.24, 2.45) is 4.99 Å². The van der Waals surface area contributed by atoms with Gasteiger partial charge in [0.05, 0.1) is 12.7 Å². The summed E-state index contributed by atoms with van der Waals surface area (Å²) in [5, 5.41) is 16.4. The molecule has 0 aliphatic carbocycles. The molecule has 6 nitrogen and oxygen atoms in total. The highest BCUT2D eigenvalue weighted by Gasteiger charge is 2.16. The molecule has 0 aromatic heterocycles. The molecule has 1 aliphatic rings. The zero-order valence-corrected chi connectivity index (χ0v) is 18.1. The Morgan fingerprint density at radius 1 is 1.03 bits per heavy atom. The van der Waals surface area contributed by atoms with E-state index in [4.69, 9.17) is 4.74 Å². The quantitative estimate of drug-likeness (QED) is 0.461. The molecular weight excluding hydrogens is 376 g/mol. The van der Waals surface area contributed by atoms with Gasteiger partial charge in [0.1, 0.15) is 5.75 Å². The van der Waals surface area contributed by atoms with E-state index >= 15 is 0 Å². The fraction of sp³-hybridized carbons (Fsp3) is 0.458. The third-order valence-electron chi connectivity index (χ3n) is 5.39. The third-order valence-corrected chi connectivity index (χ3v) is 5.39. The number of aliphatic imine (C=N–C) groups is 1. The van der Waals surface area contributed by atoms with Crippen LogP contribution in [0.25, 0.3) is 0 Å². The van der Waals surface area contributed by atoms with Gasteiger partial charge in [-0.25, -0.2) is 0 Å². The van der Waals surface area contributed by atoms with Gasteiger partial charge in [-0.05, 0) is 37.0 Å². The first-order valence-electron chi connectivity index (χ1n) is 10.8. The SMILES string of the molecule is CCOc1ccccc1CNC(=NC)NCc1ccc(CN2CCC(O)CC2)cc1. The highest BCUT2D eigenvalue weighted by Crippen LogP contribution is 2.17. The zero-order chi connectivity index (χ0) is 21.2. The lowest BCUT2D eigenvalue weighted by molar-refractivity contribution is 0.0792. The number of nitrogens with one attached hydrogen (secondary N) is 2. The Hall–Kier alpha value is -2.57. The van der Waals surface area contributed by atoms with E-state index in [1.807, 2.05) is 25.1 Å². The van der Waals surface area contributed by atoms with Crippen molar-refractivity contribution in [1.29, 1.82) is 0 Å². The van der Waals surface area contributed by atoms with Crippen LogP contribution in [0.5, 0.6) is 5.75 Å². The van der Waals surface area contributed by atoms with Gasteiger partial charge in [0.25, 0.3) is 0 Å². The molecule has 0 radical (unpaired) electrons. The fourth-order valence-electron chi connectivity index (χ4n) is 3.63. The van der Waals surface area contributed by atoms with Crippen molar-refractivity contribution >= 4 is 5.96 Å². The summed E-state index contributed by atoms with van der Waals surface area (Å²) in [7, 11) is 1.78. The number of aliphatic hydroxyl groups excluding tert-OH is 1. The molecule has 6 heteroatoms. The van der Waals surface area contributed by atoms with E-state index in [0.717, 1.165) is 49.7 Å². The minimum Gasteiger partial charge on any atom is -0.494 e. The molecule has 1 aliphatic heterocycles. The summed E-state index contributed by atoms with van der Waals surface area (Å²) in [4.78, 5) is 6.73. The lowest BCUT2D eigenvalue weighted by Gasteiger charge is -2.29. The van der Waals surface area contributed by atoms with Crippen molar-refractivity contribution < 1.29 is 9.84 Å². The van der Waals surface area contributed by atoms with Crippen LogP contribution >= 0.6 is 0 Å². The standard InChI is InChI=1S/C24H34N4O2/c1-3-30-23-7-5-4-6-21(23)17-27-24(25-2)26-16-19-8-10-20(11-9-19)18-28-14-12-22(29)13-15-28/h4-11,22,29H,3,12-18H2,1-2H3,(H2,25,26,27). The molecule has 2 aromatic rings. The first kappa shape index (κ1) is 22.1. The number of hydrogen-bond acceptors (Lipinski definition) is 4. The second kappa shape index (κ2) is 11.6. The lowest BCUT2D eigenvalue weighted by Crippen LogP contribution is -2.36. The van der Waals surface area contributed by atoms with Crippen LogP contribution in [-0.4, -0.2) is 48.8 Å². The van der Waals surface area contributed by atoms with Crippen LogP contribution in [0.1, 0.15) is 36.5 Å². The van der Waals surface area contributed by atoms with Crippen molar-refractivity contribution in [2.45, 2.75) is 45.5 Å². The van der Waals surface area contributed by atoms with Crippen molar-refractivity contribution in [3.8, 4) is 5.75 Å². The first-order chi connectivity index (χ1) is 14.7. The Morgan fingerprint density at radius 2 is 1.70 bits per heavy atom. The summed E-state index contributed by atoms with van der Waals surface area (Å²) in [6.07, 6.45) is 1.64. The topological polar surface area (TPSA) is 69.1 Å². The Balaban J connectivity index is 1.46. The summed E-state index contributed by atoms with van der Waals surface area (Å²) < 4.78 is 5.69. The van der Waals surface area contributed by atoms with Crippen LogP contribution < -0.4 is 15.4 Å². The van der Waals surface area contributed by atoms with Crippen molar-refractivity contribution in [3.05, 3.63) is 65.2 Å². The summed E-state index contributed by atoms with van der Waals surface area (Å²) >= 11 is 0. The van der Waals surface area contributed by atoms with Crippen molar-refractivity contribution in [3.63, 3.8) is 0 Å². The van der Waals surface area contributed by atoms with Gasteiger partial charge in [-0.1, -0.05) is 42.5 Å². The largest absolute Gasteiger partial charge is 0.494 e. The Labute approximate surface area is 180 Å². The maximum Gasteiger partial charge on any atom is 0.191 e. The minimum absolute atomic E-state index is 0.120. The highest BCUT2D eigenvalue weighted by molar-refractivity contribution is 5.79. The number of para-hydroxylation sites is 1. The molecule has 2 aromatic carbocycles. The number of benzene rings is 2. The molecule has 162 valence electrons. The Morgan fingerprint density at radius 3 is 2.40 bits per heavy atom. The van der Waals surface area contributed by atoms with E-state index in [9.17, 15) is 5.11 Å². The van der Waals surface area contributed by atoms with Crippen molar-refractivity contribution in [1.82, 2.24) is 15.5 Å². The number of ether oxygens (including phenoxy) is 1. The number of likely N-dealkylation sites (tertiary alicyclic amines) is 1. The minimum atomic E-state index is -0.120. The molecule has 0 spiro atoms. The monoisotopic (exact) mass is 410 g/mol. The van der Waals surface area contributed by atoms with Gasteiger partial charge in [-0.2, -0.15) is 0 Å². The summed E-state index contributed by atoms with van der Waals surface area (Å²) in [6, 6.07) is 16.8. The van der Waals surface area contributed by atoms with E-state index in [-0.39, 0.29) is 6.10 Å². The number of hydrogen-bond donors (Lipinski definition) is 3. The van der Waals surface area contributed by atoms with Crippen LogP contribution in [0.3, 0.4) is 0 Å². The molecular formula is C24H34N4O2. The van der Waals surface area contributed by atoms with E-state index in [0.29, 0.717) is 19.7 Å². The number of piperidine rings is 1. The van der Waals surface area contributed by atoms with Crippen LogP contribution in [0.4, 0.5) is 0 Å². The van der Waals surface area contributed by atoms with Crippen LogP contribution in [-0.2, 0) is 19.6 Å². The van der Waals surface area contributed by atoms with E-state index in [2.05, 4.69) is 50.9 Å². The maximum atomic E-state index is 9.64. The fourth-order valence-corrected chi connectivity index (χ4v) is 3.63. The van der Waals surface area contributed by atoms with Crippen molar-refractivity contribution in [2.75, 3.05) is 26.7 Å². The first-order valence-corrected chi connectivity index (χ1v) is 10.8. The zero-order valence-electron chi connectivity index (χ0n) is 18.1. The third kappa shape index (κ3) is 6.75. The Kier molecular flexibility index (Phi) is 8.53. The normalized spacial score (nSPS) is 15.8. The predicted molar refractivity (Wildman–Crippen MR) is 122 cm³/mol. The summed E-state index contributed by atoms with van der Waals surface area (Å²) in [6.45, 7) is 6.90. The number of guanidine groups is 1. The van der Waals surface area contributed by atoms with Crippen LogP contribution in [0.15, 0.2) is 53.5 Å². The van der Waals surface area contributed by atoms with Crippen LogP contribution in [0.2, 0.25) is 0 Å². The Bertz CT molecular complexity index is 799. The maximum absolute atomic E-state index is 9.64. The average molecular weight is 411 g/mol. The molecule has 0 amide bonds. The molecule has 1 heterocycles. The summed E-state index contributed by atoms with van der Waals surface area (Å²) in [5.41, 5.74) is 3.63. The van der Waals surface area contributed by atoms with Crippen LogP contribution in [0, 0.1) is 0 Å². The molecule has 1 fully saturated rings.